The average Bonchev–Trinajstić information content (AvgIpc) is 1.98. The fourth-order valence-corrected chi connectivity index (χ4v) is 2.16. The molecule has 0 aromatic rings. The fraction of sp³-hybridized carbons (Fsp3) is 0.615. The Morgan fingerprint density at radius 3 is 2.67 bits per heavy atom. The molecule has 0 heterocycles. The third-order valence-corrected chi connectivity index (χ3v) is 2.81. The highest BCUT2D eigenvalue weighted by atomic mass is 16.3. The van der Waals surface area contributed by atoms with Crippen LogP contribution in [0.5, 0.6) is 0 Å². The van der Waals surface area contributed by atoms with Gasteiger partial charge in [-0.15, -0.1) is 0 Å². The molecule has 1 rings (SSSR count). The molecule has 0 fully saturated rings. The molecule has 0 bridgehead atoms. The molecule has 15 heavy (non-hydrogen) atoms. The molecule has 0 aliphatic heterocycles. The highest BCUT2D eigenvalue weighted by Gasteiger charge is 2.30. The number of hydrogen-bond acceptors (Lipinski definition) is 2. The maximum atomic E-state index is 11.4. The van der Waals surface area contributed by atoms with Gasteiger partial charge >= 0.3 is 0 Å². The lowest BCUT2D eigenvalue weighted by molar-refractivity contribution is -0.116. The molecule has 1 unspecified atom stereocenters. The summed E-state index contributed by atoms with van der Waals surface area (Å²) >= 11 is 0. The smallest absolute Gasteiger partial charge is 0.156 e. The van der Waals surface area contributed by atoms with Gasteiger partial charge in [-0.3, -0.25) is 4.79 Å². The SMILES string of the molecule is CC1=CC(=O)CC(C)(C)/C1=C\CC(C)O. The summed E-state index contributed by atoms with van der Waals surface area (Å²) in [6, 6.07) is 0. The van der Waals surface area contributed by atoms with Crippen LogP contribution in [0.2, 0.25) is 0 Å². The van der Waals surface area contributed by atoms with Crippen LogP contribution in [0.25, 0.3) is 0 Å². The van der Waals surface area contributed by atoms with Crippen LogP contribution in [0.1, 0.15) is 40.5 Å². The van der Waals surface area contributed by atoms with Gasteiger partial charge in [0.1, 0.15) is 0 Å². The lowest BCUT2D eigenvalue weighted by atomic mass is 9.72. The van der Waals surface area contributed by atoms with E-state index in [0.29, 0.717) is 12.8 Å². The van der Waals surface area contributed by atoms with Crippen molar-refractivity contribution in [1.82, 2.24) is 0 Å². The molecule has 0 amide bonds. The number of hydrogen-bond donors (Lipinski definition) is 1. The highest BCUT2D eigenvalue weighted by molar-refractivity contribution is 5.93. The quantitative estimate of drug-likeness (QED) is 0.757. The summed E-state index contributed by atoms with van der Waals surface area (Å²) in [7, 11) is 0. The summed E-state index contributed by atoms with van der Waals surface area (Å²) in [6.07, 6.45) is 4.66. The highest BCUT2D eigenvalue weighted by Crippen LogP contribution is 2.39. The van der Waals surface area contributed by atoms with Crippen LogP contribution in [0.3, 0.4) is 0 Å². The lowest BCUT2D eigenvalue weighted by Gasteiger charge is -2.31. The maximum Gasteiger partial charge on any atom is 0.156 e. The fourth-order valence-electron chi connectivity index (χ4n) is 2.16. The number of ketones is 1. The molecule has 1 N–H and O–H groups in total. The molecule has 0 saturated heterocycles. The molecule has 0 aromatic heterocycles. The molecule has 1 aliphatic carbocycles. The Morgan fingerprint density at radius 2 is 2.20 bits per heavy atom. The zero-order valence-corrected chi connectivity index (χ0v) is 10.0. The first kappa shape index (κ1) is 12.2. The molecule has 84 valence electrons. The number of aliphatic hydroxyl groups excluding tert-OH is 1. The normalized spacial score (nSPS) is 25.3. The van der Waals surface area contributed by atoms with E-state index in [1.165, 1.54) is 5.57 Å². The second kappa shape index (κ2) is 4.31. The standard InChI is InChI=1S/C13H20O2/c1-9-7-11(15)8-13(3,4)12(9)6-5-10(2)14/h6-7,10,14H,5,8H2,1-4H3/b12-6-. The van der Waals surface area contributed by atoms with E-state index in [1.54, 1.807) is 13.0 Å². The van der Waals surface area contributed by atoms with Crippen molar-refractivity contribution in [3.8, 4) is 0 Å². The van der Waals surface area contributed by atoms with Gasteiger partial charge < -0.3 is 5.11 Å². The van der Waals surface area contributed by atoms with Crippen LogP contribution < -0.4 is 0 Å². The van der Waals surface area contributed by atoms with Crippen LogP contribution in [0.4, 0.5) is 0 Å². The molecular formula is C13H20O2. The Bertz CT molecular complexity index is 319. The van der Waals surface area contributed by atoms with Gasteiger partial charge in [0.25, 0.3) is 0 Å². The van der Waals surface area contributed by atoms with Gasteiger partial charge in [0.05, 0.1) is 6.10 Å². The Morgan fingerprint density at radius 1 is 1.60 bits per heavy atom. The van der Waals surface area contributed by atoms with Gasteiger partial charge in [-0.05, 0) is 42.9 Å². The van der Waals surface area contributed by atoms with E-state index < -0.39 is 0 Å². The molecule has 0 radical (unpaired) electrons. The van der Waals surface area contributed by atoms with E-state index in [0.717, 1.165) is 5.57 Å². The molecule has 1 aliphatic rings. The summed E-state index contributed by atoms with van der Waals surface area (Å²) < 4.78 is 0. The van der Waals surface area contributed by atoms with Crippen LogP contribution in [0.15, 0.2) is 23.3 Å². The minimum atomic E-state index is -0.321. The van der Waals surface area contributed by atoms with E-state index in [2.05, 4.69) is 19.9 Å². The minimum Gasteiger partial charge on any atom is -0.393 e. The van der Waals surface area contributed by atoms with Crippen molar-refractivity contribution >= 4 is 5.78 Å². The van der Waals surface area contributed by atoms with Crippen molar-refractivity contribution in [3.05, 3.63) is 23.3 Å². The number of rotatable bonds is 2. The molecule has 2 heteroatoms. The van der Waals surface area contributed by atoms with E-state index in [4.69, 9.17) is 0 Å². The predicted octanol–water partition coefficient (Wildman–Crippen LogP) is 2.63. The van der Waals surface area contributed by atoms with Crippen molar-refractivity contribution in [2.45, 2.75) is 46.6 Å². The Hall–Kier alpha value is -0.890. The van der Waals surface area contributed by atoms with Gasteiger partial charge in [0, 0.05) is 6.42 Å². The van der Waals surface area contributed by atoms with Gasteiger partial charge in [0.2, 0.25) is 0 Å². The average molecular weight is 208 g/mol. The van der Waals surface area contributed by atoms with Crippen molar-refractivity contribution in [2.75, 3.05) is 0 Å². The predicted molar refractivity (Wildman–Crippen MR) is 61.5 cm³/mol. The van der Waals surface area contributed by atoms with Crippen LogP contribution >= 0.6 is 0 Å². The van der Waals surface area contributed by atoms with E-state index in [9.17, 15) is 9.90 Å². The molecular weight excluding hydrogens is 188 g/mol. The Kier molecular flexibility index (Phi) is 3.50. The van der Waals surface area contributed by atoms with Crippen molar-refractivity contribution in [3.63, 3.8) is 0 Å². The van der Waals surface area contributed by atoms with Crippen LogP contribution in [-0.4, -0.2) is 17.0 Å². The second-order valence-electron chi connectivity index (χ2n) is 5.06. The maximum absolute atomic E-state index is 11.4. The molecule has 0 spiro atoms. The van der Waals surface area contributed by atoms with Gasteiger partial charge in [-0.1, -0.05) is 19.9 Å². The Balaban J connectivity index is 2.98. The first-order valence-electron chi connectivity index (χ1n) is 5.43. The Labute approximate surface area is 91.7 Å². The minimum absolute atomic E-state index is 0.0925. The summed E-state index contributed by atoms with van der Waals surface area (Å²) in [4.78, 5) is 11.4. The second-order valence-corrected chi connectivity index (χ2v) is 5.06. The van der Waals surface area contributed by atoms with Gasteiger partial charge in [0.15, 0.2) is 5.78 Å². The molecule has 2 nitrogen and oxygen atoms in total. The van der Waals surface area contributed by atoms with Gasteiger partial charge in [-0.2, -0.15) is 0 Å². The number of carbonyl (C=O) groups is 1. The topological polar surface area (TPSA) is 37.3 Å². The summed E-state index contributed by atoms with van der Waals surface area (Å²) in [5.74, 6) is 0.201. The third-order valence-electron chi connectivity index (χ3n) is 2.81. The molecule has 0 aromatic carbocycles. The van der Waals surface area contributed by atoms with E-state index >= 15 is 0 Å². The summed E-state index contributed by atoms with van der Waals surface area (Å²) in [6.45, 7) is 7.90. The third kappa shape index (κ3) is 3.03. The van der Waals surface area contributed by atoms with E-state index in [-0.39, 0.29) is 17.3 Å². The first-order chi connectivity index (χ1) is 6.83. The van der Waals surface area contributed by atoms with Crippen LogP contribution in [-0.2, 0) is 4.79 Å². The largest absolute Gasteiger partial charge is 0.393 e. The summed E-state index contributed by atoms with van der Waals surface area (Å²) in [5, 5.41) is 9.26. The first-order valence-corrected chi connectivity index (χ1v) is 5.43. The van der Waals surface area contributed by atoms with Crippen molar-refractivity contribution in [1.29, 1.82) is 0 Å². The number of carbonyl (C=O) groups excluding carboxylic acids is 1. The monoisotopic (exact) mass is 208 g/mol. The van der Waals surface area contributed by atoms with E-state index in [1.807, 2.05) is 6.92 Å². The zero-order valence-electron chi connectivity index (χ0n) is 10.0. The zero-order chi connectivity index (χ0) is 11.6. The van der Waals surface area contributed by atoms with Crippen molar-refractivity contribution < 1.29 is 9.90 Å². The van der Waals surface area contributed by atoms with Gasteiger partial charge in [-0.25, -0.2) is 0 Å². The number of aliphatic hydroxyl groups is 1. The molecule has 1 atom stereocenters. The molecule has 0 saturated carbocycles. The summed E-state index contributed by atoms with van der Waals surface area (Å²) in [5.41, 5.74) is 2.14. The van der Waals surface area contributed by atoms with Crippen molar-refractivity contribution in [2.24, 2.45) is 5.41 Å². The van der Waals surface area contributed by atoms with Crippen LogP contribution in [0, 0.1) is 5.41 Å². The lowest BCUT2D eigenvalue weighted by Crippen LogP contribution is -2.24. The number of allylic oxidation sites excluding steroid dienone is 3.